The van der Waals surface area contributed by atoms with Crippen LogP contribution in [0.25, 0.3) is 10.9 Å². The fourth-order valence-corrected chi connectivity index (χ4v) is 1.81. The summed E-state index contributed by atoms with van der Waals surface area (Å²) >= 11 is 3.46. The molecule has 3 nitrogen and oxygen atoms in total. The van der Waals surface area contributed by atoms with Crippen LogP contribution >= 0.6 is 15.9 Å². The summed E-state index contributed by atoms with van der Waals surface area (Å²) in [5, 5.41) is 8.11. The minimum Gasteiger partial charge on any atom is -0.377 e. The molecule has 0 saturated heterocycles. The van der Waals surface area contributed by atoms with Gasteiger partial charge in [0.15, 0.2) is 0 Å². The minimum atomic E-state index is 1.05. The van der Waals surface area contributed by atoms with E-state index in [4.69, 9.17) is 0 Å². The van der Waals surface area contributed by atoms with Crippen LogP contribution < -0.4 is 4.90 Å². The van der Waals surface area contributed by atoms with Crippen molar-refractivity contribution >= 4 is 32.5 Å². The maximum Gasteiger partial charge on any atom is 0.0682 e. The van der Waals surface area contributed by atoms with Crippen LogP contribution in [-0.4, -0.2) is 24.3 Å². The Labute approximate surface area is 84.9 Å². The molecule has 1 aromatic carbocycles. The highest BCUT2D eigenvalue weighted by atomic mass is 79.9. The first-order valence-electron chi connectivity index (χ1n) is 3.98. The van der Waals surface area contributed by atoms with Gasteiger partial charge in [-0.3, -0.25) is 5.10 Å². The Hall–Kier alpha value is -1.03. The van der Waals surface area contributed by atoms with Gasteiger partial charge in [-0.05, 0) is 12.1 Å². The second-order valence-corrected chi connectivity index (χ2v) is 4.07. The van der Waals surface area contributed by atoms with Crippen LogP contribution in [0, 0.1) is 0 Å². The van der Waals surface area contributed by atoms with E-state index in [2.05, 4.69) is 37.1 Å². The lowest BCUT2D eigenvalue weighted by Crippen LogP contribution is -2.08. The summed E-state index contributed by atoms with van der Waals surface area (Å²) in [5.74, 6) is 0. The zero-order chi connectivity index (χ0) is 9.42. The summed E-state index contributed by atoms with van der Waals surface area (Å²) < 4.78 is 1.06. The fourth-order valence-electron chi connectivity index (χ4n) is 1.37. The topological polar surface area (TPSA) is 31.9 Å². The van der Waals surface area contributed by atoms with Crippen LogP contribution in [0.2, 0.25) is 0 Å². The van der Waals surface area contributed by atoms with Gasteiger partial charge >= 0.3 is 0 Å². The minimum absolute atomic E-state index is 1.05. The highest BCUT2D eigenvalue weighted by Gasteiger charge is 2.05. The summed E-state index contributed by atoms with van der Waals surface area (Å²) in [5.41, 5.74) is 2.22. The number of fused-ring (bicyclic) bond motifs is 1. The highest BCUT2D eigenvalue weighted by molar-refractivity contribution is 9.10. The Kier molecular flexibility index (Phi) is 2.00. The molecule has 0 atom stereocenters. The number of hydrogen-bond donors (Lipinski definition) is 1. The van der Waals surface area contributed by atoms with Crippen molar-refractivity contribution in [3.05, 3.63) is 22.8 Å². The quantitative estimate of drug-likeness (QED) is 0.829. The molecule has 0 amide bonds. The first kappa shape index (κ1) is 8.56. The van der Waals surface area contributed by atoms with Gasteiger partial charge in [-0.15, -0.1) is 0 Å². The summed E-state index contributed by atoms with van der Waals surface area (Å²) in [6.45, 7) is 0. The maximum atomic E-state index is 4.01. The third-order valence-corrected chi connectivity index (χ3v) is 2.44. The summed E-state index contributed by atoms with van der Waals surface area (Å²) in [6.07, 6.45) is 1.84. The molecule has 1 N–H and O–H groups in total. The fraction of sp³-hybridized carbons (Fsp3) is 0.222. The van der Waals surface area contributed by atoms with Crippen molar-refractivity contribution in [2.24, 2.45) is 0 Å². The van der Waals surface area contributed by atoms with Gasteiger partial charge in [-0.2, -0.15) is 5.10 Å². The molecule has 68 valence electrons. The Morgan fingerprint density at radius 3 is 2.85 bits per heavy atom. The Morgan fingerprint density at radius 1 is 1.38 bits per heavy atom. The normalized spacial score (nSPS) is 10.7. The van der Waals surface area contributed by atoms with Gasteiger partial charge in [-0.1, -0.05) is 15.9 Å². The molecule has 0 unspecified atom stereocenters. The van der Waals surface area contributed by atoms with Crippen LogP contribution in [0.3, 0.4) is 0 Å². The molecule has 13 heavy (non-hydrogen) atoms. The van der Waals surface area contributed by atoms with Crippen molar-refractivity contribution in [1.82, 2.24) is 10.2 Å². The van der Waals surface area contributed by atoms with Gasteiger partial charge in [0, 0.05) is 29.6 Å². The molecule has 2 aromatic rings. The van der Waals surface area contributed by atoms with Gasteiger partial charge in [0.25, 0.3) is 0 Å². The number of hydrogen-bond acceptors (Lipinski definition) is 2. The number of H-pyrrole nitrogens is 1. The lowest BCUT2D eigenvalue weighted by molar-refractivity contribution is 1.12. The third kappa shape index (κ3) is 1.42. The molecule has 0 radical (unpaired) electrons. The average molecular weight is 240 g/mol. The number of benzene rings is 1. The molecular weight excluding hydrogens is 230 g/mol. The van der Waals surface area contributed by atoms with Gasteiger partial charge in [0.1, 0.15) is 0 Å². The molecule has 2 rings (SSSR count). The van der Waals surface area contributed by atoms with Crippen LogP contribution in [0.4, 0.5) is 5.69 Å². The van der Waals surface area contributed by atoms with Crippen LogP contribution in [-0.2, 0) is 0 Å². The second kappa shape index (κ2) is 3.03. The smallest absolute Gasteiger partial charge is 0.0682 e. The summed E-state index contributed by atoms with van der Waals surface area (Å²) in [4.78, 5) is 2.07. The average Bonchev–Trinajstić information content (AvgIpc) is 2.49. The SMILES string of the molecule is CN(C)c1cc(Br)cc2[nH]ncc12. The lowest BCUT2D eigenvalue weighted by Gasteiger charge is -2.13. The number of aromatic amines is 1. The number of nitrogens with one attached hydrogen (secondary N) is 1. The van der Waals surface area contributed by atoms with Crippen LogP contribution in [0.1, 0.15) is 0 Å². The maximum absolute atomic E-state index is 4.01. The molecule has 0 aliphatic rings. The largest absolute Gasteiger partial charge is 0.377 e. The molecule has 1 heterocycles. The molecule has 0 saturated carbocycles. The van der Waals surface area contributed by atoms with Gasteiger partial charge in [-0.25, -0.2) is 0 Å². The van der Waals surface area contributed by atoms with E-state index in [0.717, 1.165) is 21.1 Å². The Balaban J connectivity index is 2.77. The number of rotatable bonds is 1. The number of nitrogens with zero attached hydrogens (tertiary/aromatic N) is 2. The van der Waals surface area contributed by atoms with E-state index in [9.17, 15) is 0 Å². The van der Waals surface area contributed by atoms with E-state index >= 15 is 0 Å². The van der Waals surface area contributed by atoms with Crippen molar-refractivity contribution in [2.75, 3.05) is 19.0 Å². The summed E-state index contributed by atoms with van der Waals surface area (Å²) in [7, 11) is 4.04. The lowest BCUT2D eigenvalue weighted by atomic mass is 10.2. The second-order valence-electron chi connectivity index (χ2n) is 3.15. The zero-order valence-electron chi connectivity index (χ0n) is 7.50. The van der Waals surface area contributed by atoms with Gasteiger partial charge in [0.2, 0.25) is 0 Å². The molecule has 0 aliphatic carbocycles. The molecule has 0 fully saturated rings. The number of aromatic nitrogens is 2. The molecule has 4 heteroatoms. The molecule has 0 spiro atoms. The van der Waals surface area contributed by atoms with E-state index in [0.29, 0.717) is 0 Å². The molecular formula is C9H10BrN3. The predicted molar refractivity (Wildman–Crippen MR) is 58.1 cm³/mol. The Bertz CT molecular complexity index is 433. The third-order valence-electron chi connectivity index (χ3n) is 1.98. The van der Waals surface area contributed by atoms with Crippen molar-refractivity contribution in [2.45, 2.75) is 0 Å². The monoisotopic (exact) mass is 239 g/mol. The van der Waals surface area contributed by atoms with E-state index in [-0.39, 0.29) is 0 Å². The molecule has 0 aliphatic heterocycles. The van der Waals surface area contributed by atoms with Gasteiger partial charge < -0.3 is 4.90 Å². The van der Waals surface area contributed by atoms with Crippen molar-refractivity contribution in [3.8, 4) is 0 Å². The van der Waals surface area contributed by atoms with Gasteiger partial charge in [0.05, 0.1) is 11.7 Å². The molecule has 1 aromatic heterocycles. The number of anilines is 1. The van der Waals surface area contributed by atoms with Crippen LogP contribution in [0.15, 0.2) is 22.8 Å². The first-order valence-corrected chi connectivity index (χ1v) is 4.78. The van der Waals surface area contributed by atoms with Crippen molar-refractivity contribution in [3.63, 3.8) is 0 Å². The van der Waals surface area contributed by atoms with E-state index < -0.39 is 0 Å². The van der Waals surface area contributed by atoms with Crippen LogP contribution in [0.5, 0.6) is 0 Å². The zero-order valence-corrected chi connectivity index (χ0v) is 9.09. The standard InChI is InChI=1S/C9H10BrN3/c1-13(2)9-4-6(10)3-8-7(9)5-11-12-8/h3-5H,1-2H3,(H,11,12). The Morgan fingerprint density at radius 2 is 2.15 bits per heavy atom. The van der Waals surface area contributed by atoms with E-state index in [1.807, 2.05) is 26.4 Å². The van der Waals surface area contributed by atoms with E-state index in [1.54, 1.807) is 0 Å². The first-order chi connectivity index (χ1) is 6.18. The van der Waals surface area contributed by atoms with E-state index in [1.165, 1.54) is 0 Å². The van der Waals surface area contributed by atoms with Crippen molar-refractivity contribution in [1.29, 1.82) is 0 Å². The summed E-state index contributed by atoms with van der Waals surface area (Å²) in [6, 6.07) is 4.10. The van der Waals surface area contributed by atoms with Crippen molar-refractivity contribution < 1.29 is 0 Å². The highest BCUT2D eigenvalue weighted by Crippen LogP contribution is 2.28. The predicted octanol–water partition coefficient (Wildman–Crippen LogP) is 2.39. The number of halogens is 1. The molecule has 0 bridgehead atoms.